The Morgan fingerprint density at radius 3 is 2.61 bits per heavy atom. The number of nitrogens with one attached hydrogen (secondary N) is 2. The number of ether oxygens (including phenoxy) is 1. The highest BCUT2D eigenvalue weighted by Crippen LogP contribution is 2.13. The zero-order valence-corrected chi connectivity index (χ0v) is 13.3. The number of urea groups is 1. The van der Waals surface area contributed by atoms with E-state index >= 15 is 0 Å². The molecule has 1 aromatic heterocycles. The second kappa shape index (κ2) is 7.69. The van der Waals surface area contributed by atoms with Gasteiger partial charge >= 0.3 is 6.03 Å². The van der Waals surface area contributed by atoms with Crippen LogP contribution in [0.25, 0.3) is 0 Å². The maximum Gasteiger partial charge on any atom is 0.315 e. The smallest absolute Gasteiger partial charge is 0.315 e. The SMILES string of the molecule is COc1ccc(CNC(=O)NCC(C)(O)Cc2ccco2)cc1. The topological polar surface area (TPSA) is 83.7 Å². The first-order chi connectivity index (χ1) is 11.0. The third-order valence-corrected chi connectivity index (χ3v) is 3.38. The summed E-state index contributed by atoms with van der Waals surface area (Å²) in [5, 5.41) is 15.7. The molecule has 0 aliphatic carbocycles. The maximum atomic E-state index is 11.8. The Hall–Kier alpha value is -2.47. The van der Waals surface area contributed by atoms with Gasteiger partial charge in [-0.1, -0.05) is 12.1 Å². The van der Waals surface area contributed by atoms with Gasteiger partial charge < -0.3 is 24.9 Å². The predicted molar refractivity (Wildman–Crippen MR) is 86.3 cm³/mol. The van der Waals surface area contributed by atoms with Crippen LogP contribution in [-0.2, 0) is 13.0 Å². The highest BCUT2D eigenvalue weighted by atomic mass is 16.5. The second-order valence-electron chi connectivity index (χ2n) is 5.64. The zero-order chi connectivity index (χ0) is 16.7. The van der Waals surface area contributed by atoms with Crippen LogP contribution in [0.4, 0.5) is 4.79 Å². The van der Waals surface area contributed by atoms with Crippen LogP contribution < -0.4 is 15.4 Å². The van der Waals surface area contributed by atoms with Crippen LogP contribution in [0.5, 0.6) is 5.75 Å². The van der Waals surface area contributed by atoms with Gasteiger partial charge in [-0.2, -0.15) is 0 Å². The summed E-state index contributed by atoms with van der Waals surface area (Å²) in [6.07, 6.45) is 1.89. The van der Waals surface area contributed by atoms with Gasteiger partial charge in [-0.3, -0.25) is 0 Å². The summed E-state index contributed by atoms with van der Waals surface area (Å²) in [7, 11) is 1.61. The highest BCUT2D eigenvalue weighted by molar-refractivity contribution is 5.73. The van der Waals surface area contributed by atoms with Crippen molar-refractivity contribution in [1.29, 1.82) is 0 Å². The third-order valence-electron chi connectivity index (χ3n) is 3.38. The first-order valence-corrected chi connectivity index (χ1v) is 7.38. The molecule has 1 unspecified atom stereocenters. The standard InChI is InChI=1S/C17H22N2O4/c1-17(21,10-15-4-3-9-23-15)12-19-16(20)18-11-13-5-7-14(22-2)8-6-13/h3-9,21H,10-12H2,1-2H3,(H2,18,19,20). The minimum atomic E-state index is -1.07. The van der Waals surface area contributed by atoms with E-state index in [1.165, 1.54) is 0 Å². The first kappa shape index (κ1) is 16.9. The molecule has 0 saturated carbocycles. The molecule has 6 nitrogen and oxygen atoms in total. The van der Waals surface area contributed by atoms with Crippen LogP contribution in [0.15, 0.2) is 47.1 Å². The summed E-state index contributed by atoms with van der Waals surface area (Å²) < 4.78 is 10.3. The molecule has 2 aromatic rings. The molecule has 2 rings (SSSR count). The highest BCUT2D eigenvalue weighted by Gasteiger charge is 2.23. The average molecular weight is 318 g/mol. The molecule has 1 atom stereocenters. The van der Waals surface area contributed by atoms with Gasteiger partial charge in [-0.25, -0.2) is 4.79 Å². The summed E-state index contributed by atoms with van der Waals surface area (Å²) in [6, 6.07) is 10.7. The lowest BCUT2D eigenvalue weighted by Gasteiger charge is -2.22. The van der Waals surface area contributed by atoms with Crippen LogP contribution >= 0.6 is 0 Å². The van der Waals surface area contributed by atoms with E-state index in [0.717, 1.165) is 11.3 Å². The van der Waals surface area contributed by atoms with Crippen molar-refractivity contribution < 1.29 is 19.1 Å². The fraction of sp³-hybridized carbons (Fsp3) is 0.353. The van der Waals surface area contributed by atoms with E-state index < -0.39 is 5.60 Å². The molecular formula is C17H22N2O4. The van der Waals surface area contributed by atoms with Crippen LogP contribution in [0.1, 0.15) is 18.2 Å². The quantitative estimate of drug-likeness (QED) is 0.730. The molecule has 6 heteroatoms. The number of hydrogen-bond acceptors (Lipinski definition) is 4. The molecule has 23 heavy (non-hydrogen) atoms. The van der Waals surface area contributed by atoms with E-state index in [4.69, 9.17) is 9.15 Å². The van der Waals surface area contributed by atoms with E-state index in [0.29, 0.717) is 18.7 Å². The second-order valence-corrected chi connectivity index (χ2v) is 5.64. The Bertz CT molecular complexity index is 606. The van der Waals surface area contributed by atoms with Crippen molar-refractivity contribution in [2.75, 3.05) is 13.7 Å². The van der Waals surface area contributed by atoms with Gasteiger partial charge in [0.2, 0.25) is 0 Å². The molecule has 0 aliphatic rings. The monoisotopic (exact) mass is 318 g/mol. The van der Waals surface area contributed by atoms with Gasteiger partial charge in [0.25, 0.3) is 0 Å². The van der Waals surface area contributed by atoms with E-state index in [1.807, 2.05) is 24.3 Å². The first-order valence-electron chi connectivity index (χ1n) is 7.38. The predicted octanol–water partition coefficient (Wildman–Crippen LogP) is 2.08. The molecule has 0 bridgehead atoms. The maximum absolute atomic E-state index is 11.8. The lowest BCUT2D eigenvalue weighted by atomic mass is 10.0. The van der Waals surface area contributed by atoms with Gasteiger partial charge in [0.1, 0.15) is 11.5 Å². The minimum Gasteiger partial charge on any atom is -0.497 e. The van der Waals surface area contributed by atoms with Crippen molar-refractivity contribution in [3.63, 3.8) is 0 Å². The van der Waals surface area contributed by atoms with Gasteiger partial charge in [0, 0.05) is 19.5 Å². The van der Waals surface area contributed by atoms with Crippen molar-refractivity contribution in [3.8, 4) is 5.75 Å². The fourth-order valence-corrected chi connectivity index (χ4v) is 2.11. The number of benzene rings is 1. The van der Waals surface area contributed by atoms with E-state index in [2.05, 4.69) is 10.6 Å². The summed E-state index contributed by atoms with van der Waals surface area (Å²) in [5.41, 5.74) is -0.113. The normalized spacial score (nSPS) is 13.2. The van der Waals surface area contributed by atoms with Crippen molar-refractivity contribution in [2.24, 2.45) is 0 Å². The minimum absolute atomic E-state index is 0.127. The number of methoxy groups -OCH3 is 1. The molecule has 0 aliphatic heterocycles. The average Bonchev–Trinajstić information content (AvgIpc) is 3.03. The van der Waals surface area contributed by atoms with Crippen LogP contribution in [0.3, 0.4) is 0 Å². The Morgan fingerprint density at radius 2 is 2.00 bits per heavy atom. The Labute approximate surface area is 135 Å². The molecular weight excluding hydrogens is 296 g/mol. The molecule has 0 radical (unpaired) electrons. The van der Waals surface area contributed by atoms with Crippen LogP contribution in [0, 0.1) is 0 Å². The molecule has 124 valence electrons. The van der Waals surface area contributed by atoms with Gasteiger partial charge in [-0.05, 0) is 36.8 Å². The number of carbonyl (C=O) groups is 1. The molecule has 0 spiro atoms. The van der Waals surface area contributed by atoms with Crippen molar-refractivity contribution in [3.05, 3.63) is 54.0 Å². The number of amides is 2. The van der Waals surface area contributed by atoms with E-state index in [-0.39, 0.29) is 12.6 Å². The lowest BCUT2D eigenvalue weighted by Crippen LogP contribution is -2.45. The lowest BCUT2D eigenvalue weighted by molar-refractivity contribution is 0.0571. The fourth-order valence-electron chi connectivity index (χ4n) is 2.11. The van der Waals surface area contributed by atoms with Crippen molar-refractivity contribution in [1.82, 2.24) is 10.6 Å². The summed E-state index contributed by atoms with van der Waals surface area (Å²) >= 11 is 0. The molecule has 1 heterocycles. The number of carbonyl (C=O) groups excluding carboxylic acids is 1. The van der Waals surface area contributed by atoms with Gasteiger partial charge in [0.05, 0.1) is 19.0 Å². The molecule has 1 aromatic carbocycles. The largest absolute Gasteiger partial charge is 0.497 e. The molecule has 0 saturated heterocycles. The number of aliphatic hydroxyl groups is 1. The van der Waals surface area contributed by atoms with Crippen LogP contribution in [-0.4, -0.2) is 30.4 Å². The molecule has 0 fully saturated rings. The Kier molecular flexibility index (Phi) is 5.65. The van der Waals surface area contributed by atoms with Gasteiger partial charge in [0.15, 0.2) is 0 Å². The van der Waals surface area contributed by atoms with Crippen LogP contribution in [0.2, 0.25) is 0 Å². The van der Waals surface area contributed by atoms with Crippen molar-refractivity contribution >= 4 is 6.03 Å². The van der Waals surface area contributed by atoms with E-state index in [9.17, 15) is 9.90 Å². The third kappa shape index (κ3) is 5.67. The number of rotatable bonds is 7. The zero-order valence-electron chi connectivity index (χ0n) is 13.3. The Morgan fingerprint density at radius 1 is 1.26 bits per heavy atom. The van der Waals surface area contributed by atoms with Crippen molar-refractivity contribution in [2.45, 2.75) is 25.5 Å². The molecule has 2 amide bonds. The summed E-state index contributed by atoms with van der Waals surface area (Å²) in [5.74, 6) is 1.45. The van der Waals surface area contributed by atoms with Gasteiger partial charge in [-0.15, -0.1) is 0 Å². The number of furan rings is 1. The van der Waals surface area contributed by atoms with E-state index in [1.54, 1.807) is 32.4 Å². The summed E-state index contributed by atoms with van der Waals surface area (Å²) in [4.78, 5) is 11.8. The Balaban J connectivity index is 1.73. The number of hydrogen-bond donors (Lipinski definition) is 3. The molecule has 3 N–H and O–H groups in total. The summed E-state index contributed by atoms with van der Waals surface area (Å²) in [6.45, 7) is 2.18.